The van der Waals surface area contributed by atoms with Gasteiger partial charge in [0, 0.05) is 13.6 Å². The van der Waals surface area contributed by atoms with Crippen LogP contribution in [0.1, 0.15) is 31.0 Å². The SMILES string of the molecule is COc1ccc(CCN(C)C(=O)NC(c2ccc3c(c2)OCCO3)C(C)C)cc1OC. The first kappa shape index (κ1) is 22.6. The second kappa shape index (κ2) is 10.3. The number of hydrogen-bond donors (Lipinski definition) is 1. The van der Waals surface area contributed by atoms with Crippen LogP contribution in [0.4, 0.5) is 4.79 Å². The Kier molecular flexibility index (Phi) is 7.50. The summed E-state index contributed by atoms with van der Waals surface area (Å²) in [5, 5.41) is 3.16. The number of hydrogen-bond acceptors (Lipinski definition) is 5. The standard InChI is InChI=1S/C24H32N2O5/c1-16(2)23(18-7-9-20-22(15-18)31-13-12-30-20)25-24(27)26(3)11-10-17-6-8-19(28-4)21(14-17)29-5/h6-9,14-16,23H,10-13H2,1-5H3,(H,25,27). The maximum Gasteiger partial charge on any atom is 0.317 e. The van der Waals surface area contributed by atoms with E-state index < -0.39 is 0 Å². The van der Waals surface area contributed by atoms with Gasteiger partial charge in [-0.05, 0) is 47.7 Å². The third-order valence-electron chi connectivity index (χ3n) is 5.40. The van der Waals surface area contributed by atoms with Crippen molar-refractivity contribution in [2.75, 3.05) is 41.0 Å². The number of fused-ring (bicyclic) bond motifs is 1. The molecule has 7 nitrogen and oxygen atoms in total. The summed E-state index contributed by atoms with van der Waals surface area (Å²) in [5.74, 6) is 3.06. The molecule has 1 unspecified atom stereocenters. The quantitative estimate of drug-likeness (QED) is 0.687. The number of likely N-dealkylation sites (N-methyl/N-ethyl adjacent to an activating group) is 1. The van der Waals surface area contributed by atoms with Gasteiger partial charge in [-0.3, -0.25) is 0 Å². The Morgan fingerprint density at radius 1 is 1.03 bits per heavy atom. The molecule has 0 radical (unpaired) electrons. The van der Waals surface area contributed by atoms with E-state index in [9.17, 15) is 4.79 Å². The highest BCUT2D eigenvalue weighted by Crippen LogP contribution is 2.34. The van der Waals surface area contributed by atoms with Crippen LogP contribution in [0, 0.1) is 5.92 Å². The molecule has 0 bridgehead atoms. The van der Waals surface area contributed by atoms with Gasteiger partial charge in [0.15, 0.2) is 23.0 Å². The number of carbonyl (C=O) groups is 1. The first-order chi connectivity index (χ1) is 14.9. The van der Waals surface area contributed by atoms with E-state index in [0.29, 0.717) is 37.7 Å². The van der Waals surface area contributed by atoms with E-state index in [1.165, 1.54) is 0 Å². The van der Waals surface area contributed by atoms with Gasteiger partial charge in [0.25, 0.3) is 0 Å². The van der Waals surface area contributed by atoms with E-state index in [1.54, 1.807) is 26.2 Å². The highest BCUT2D eigenvalue weighted by molar-refractivity contribution is 5.74. The number of carbonyl (C=O) groups excluding carboxylic acids is 1. The molecule has 0 aromatic heterocycles. The molecule has 0 spiro atoms. The maximum atomic E-state index is 12.9. The average molecular weight is 429 g/mol. The molecule has 0 fully saturated rings. The van der Waals surface area contributed by atoms with Gasteiger partial charge in [-0.25, -0.2) is 4.79 Å². The normalized spacial score (nSPS) is 13.5. The number of urea groups is 1. The zero-order valence-electron chi connectivity index (χ0n) is 18.9. The Morgan fingerprint density at radius 3 is 2.42 bits per heavy atom. The van der Waals surface area contributed by atoms with Crippen LogP contribution in [0.25, 0.3) is 0 Å². The lowest BCUT2D eigenvalue weighted by Crippen LogP contribution is -2.41. The van der Waals surface area contributed by atoms with Crippen LogP contribution >= 0.6 is 0 Å². The number of ether oxygens (including phenoxy) is 4. The van der Waals surface area contributed by atoms with Crippen molar-refractivity contribution in [1.82, 2.24) is 10.2 Å². The average Bonchev–Trinajstić information content (AvgIpc) is 2.79. The fourth-order valence-corrected chi connectivity index (χ4v) is 3.57. The summed E-state index contributed by atoms with van der Waals surface area (Å²) in [4.78, 5) is 14.6. The first-order valence-corrected chi connectivity index (χ1v) is 10.5. The van der Waals surface area contributed by atoms with Crippen LogP contribution in [0.3, 0.4) is 0 Å². The molecule has 1 aliphatic heterocycles. The number of benzene rings is 2. The molecule has 1 aliphatic rings. The van der Waals surface area contributed by atoms with Crippen molar-refractivity contribution in [2.24, 2.45) is 5.92 Å². The van der Waals surface area contributed by atoms with E-state index in [4.69, 9.17) is 18.9 Å². The molecule has 0 saturated heterocycles. The summed E-state index contributed by atoms with van der Waals surface area (Å²) in [6, 6.07) is 11.4. The summed E-state index contributed by atoms with van der Waals surface area (Å²) in [6.45, 7) is 5.85. The summed E-state index contributed by atoms with van der Waals surface area (Å²) in [7, 11) is 5.03. The third kappa shape index (κ3) is 5.54. The number of nitrogens with one attached hydrogen (secondary N) is 1. The Labute approximate surface area is 184 Å². The topological polar surface area (TPSA) is 69.3 Å². The third-order valence-corrected chi connectivity index (χ3v) is 5.40. The van der Waals surface area contributed by atoms with Gasteiger partial charge in [-0.15, -0.1) is 0 Å². The molecule has 2 amide bonds. The lowest BCUT2D eigenvalue weighted by molar-refractivity contribution is 0.171. The molecule has 1 N–H and O–H groups in total. The minimum atomic E-state index is -0.133. The molecule has 1 atom stereocenters. The van der Waals surface area contributed by atoms with E-state index in [0.717, 1.165) is 22.6 Å². The van der Waals surface area contributed by atoms with E-state index in [1.807, 2.05) is 36.4 Å². The van der Waals surface area contributed by atoms with Gasteiger partial charge < -0.3 is 29.2 Å². The van der Waals surface area contributed by atoms with E-state index in [-0.39, 0.29) is 18.0 Å². The van der Waals surface area contributed by atoms with E-state index in [2.05, 4.69) is 19.2 Å². The Bertz CT molecular complexity index is 900. The largest absolute Gasteiger partial charge is 0.493 e. The van der Waals surface area contributed by atoms with Gasteiger partial charge in [0.05, 0.1) is 20.3 Å². The highest BCUT2D eigenvalue weighted by atomic mass is 16.6. The minimum Gasteiger partial charge on any atom is -0.493 e. The van der Waals surface area contributed by atoms with Crippen molar-refractivity contribution in [3.05, 3.63) is 47.5 Å². The second-order valence-corrected chi connectivity index (χ2v) is 7.94. The van der Waals surface area contributed by atoms with Gasteiger partial charge in [-0.2, -0.15) is 0 Å². The molecule has 2 aromatic carbocycles. The maximum absolute atomic E-state index is 12.9. The Balaban J connectivity index is 1.63. The lowest BCUT2D eigenvalue weighted by atomic mass is 9.95. The zero-order valence-corrected chi connectivity index (χ0v) is 18.9. The van der Waals surface area contributed by atoms with Gasteiger partial charge in [0.2, 0.25) is 0 Å². The van der Waals surface area contributed by atoms with Crippen LogP contribution in [-0.2, 0) is 6.42 Å². The van der Waals surface area contributed by atoms with Crippen molar-refractivity contribution in [3.8, 4) is 23.0 Å². The van der Waals surface area contributed by atoms with Crippen molar-refractivity contribution in [3.63, 3.8) is 0 Å². The number of nitrogens with zero attached hydrogens (tertiary/aromatic N) is 1. The molecule has 0 saturated carbocycles. The predicted octanol–water partition coefficient (Wildman–Crippen LogP) is 4.06. The van der Waals surface area contributed by atoms with E-state index >= 15 is 0 Å². The molecule has 7 heteroatoms. The van der Waals surface area contributed by atoms with Gasteiger partial charge >= 0.3 is 6.03 Å². The monoisotopic (exact) mass is 428 g/mol. The highest BCUT2D eigenvalue weighted by Gasteiger charge is 2.23. The summed E-state index contributed by atoms with van der Waals surface area (Å²) < 4.78 is 22.0. The number of rotatable bonds is 8. The molecule has 0 aliphatic carbocycles. The molecule has 1 heterocycles. The first-order valence-electron chi connectivity index (χ1n) is 10.5. The Hall–Kier alpha value is -3.09. The van der Waals surface area contributed by atoms with Crippen molar-refractivity contribution in [2.45, 2.75) is 26.3 Å². The zero-order chi connectivity index (χ0) is 22.4. The fraction of sp³-hybridized carbons (Fsp3) is 0.458. The molecular weight excluding hydrogens is 396 g/mol. The van der Waals surface area contributed by atoms with Gasteiger partial charge in [0.1, 0.15) is 13.2 Å². The van der Waals surface area contributed by atoms with Crippen LogP contribution in [0.2, 0.25) is 0 Å². The molecule has 3 rings (SSSR count). The Morgan fingerprint density at radius 2 is 1.74 bits per heavy atom. The second-order valence-electron chi connectivity index (χ2n) is 7.94. The summed E-state index contributed by atoms with van der Waals surface area (Å²) in [5.41, 5.74) is 2.07. The van der Waals surface area contributed by atoms with Crippen molar-refractivity contribution in [1.29, 1.82) is 0 Å². The van der Waals surface area contributed by atoms with Crippen molar-refractivity contribution < 1.29 is 23.7 Å². The van der Waals surface area contributed by atoms with Crippen molar-refractivity contribution >= 4 is 6.03 Å². The number of amides is 2. The van der Waals surface area contributed by atoms with Crippen LogP contribution in [0.5, 0.6) is 23.0 Å². The number of methoxy groups -OCH3 is 2. The minimum absolute atomic E-state index is 0.117. The molecule has 31 heavy (non-hydrogen) atoms. The van der Waals surface area contributed by atoms with Gasteiger partial charge in [-0.1, -0.05) is 26.0 Å². The molecule has 2 aromatic rings. The summed E-state index contributed by atoms with van der Waals surface area (Å²) in [6.07, 6.45) is 0.709. The van der Waals surface area contributed by atoms with Crippen LogP contribution < -0.4 is 24.3 Å². The fourth-order valence-electron chi connectivity index (χ4n) is 3.57. The lowest BCUT2D eigenvalue weighted by Gasteiger charge is -2.28. The summed E-state index contributed by atoms with van der Waals surface area (Å²) >= 11 is 0. The van der Waals surface area contributed by atoms with Crippen LogP contribution in [0.15, 0.2) is 36.4 Å². The molecular formula is C24H32N2O5. The smallest absolute Gasteiger partial charge is 0.317 e. The molecule has 168 valence electrons. The predicted molar refractivity (Wildman–Crippen MR) is 119 cm³/mol. The van der Waals surface area contributed by atoms with Crippen LogP contribution in [-0.4, -0.2) is 52.0 Å².